The van der Waals surface area contributed by atoms with Gasteiger partial charge in [-0.25, -0.2) is 0 Å². The number of aryl methyl sites for hydroxylation is 1. The number of piperidine rings is 1. The zero-order valence-corrected chi connectivity index (χ0v) is 15.8. The zero-order valence-electron chi connectivity index (χ0n) is 15.0. The average molecular weight is 355 g/mol. The first-order valence-corrected chi connectivity index (χ1v) is 9.89. The number of nitrogens with one attached hydrogen (secondary N) is 1. The molecule has 1 fully saturated rings. The Balaban J connectivity index is 1.55. The molecule has 0 saturated carbocycles. The van der Waals surface area contributed by atoms with Crippen molar-refractivity contribution in [2.24, 2.45) is 0 Å². The van der Waals surface area contributed by atoms with Crippen LogP contribution in [-0.2, 0) is 4.79 Å². The van der Waals surface area contributed by atoms with Crippen LogP contribution in [0.25, 0.3) is 0 Å². The number of nitrogens with zero attached hydrogens (tertiary/aromatic N) is 1. The van der Waals surface area contributed by atoms with Gasteiger partial charge in [0, 0.05) is 29.4 Å². The van der Waals surface area contributed by atoms with Crippen molar-refractivity contribution >= 4 is 29.0 Å². The van der Waals surface area contributed by atoms with Crippen LogP contribution < -0.4 is 10.2 Å². The highest BCUT2D eigenvalue weighted by Crippen LogP contribution is 2.25. The minimum atomic E-state index is -0.135. The lowest BCUT2D eigenvalue weighted by Crippen LogP contribution is -2.29. The molecule has 0 bridgehead atoms. The van der Waals surface area contributed by atoms with Gasteiger partial charge in [-0.05, 0) is 69.5 Å². The lowest BCUT2D eigenvalue weighted by Gasteiger charge is -2.28. The maximum absolute atomic E-state index is 12.4. The number of amides is 1. The predicted molar refractivity (Wildman–Crippen MR) is 108 cm³/mol. The number of rotatable bonds is 5. The normalized spacial score (nSPS) is 15.7. The third kappa shape index (κ3) is 5.02. The van der Waals surface area contributed by atoms with Crippen molar-refractivity contribution in [3.63, 3.8) is 0 Å². The van der Waals surface area contributed by atoms with Gasteiger partial charge < -0.3 is 10.2 Å². The first-order chi connectivity index (χ1) is 12.1. The molecule has 132 valence electrons. The summed E-state index contributed by atoms with van der Waals surface area (Å²) in [6, 6.07) is 16.5. The van der Waals surface area contributed by atoms with Crippen molar-refractivity contribution < 1.29 is 4.79 Å². The number of benzene rings is 2. The molecule has 1 N–H and O–H groups in total. The molecule has 2 aromatic rings. The molecule has 4 heteroatoms. The van der Waals surface area contributed by atoms with Gasteiger partial charge in [-0.15, -0.1) is 11.8 Å². The lowest BCUT2D eigenvalue weighted by atomic mass is 10.1. The molecule has 1 heterocycles. The zero-order chi connectivity index (χ0) is 17.6. The van der Waals surface area contributed by atoms with Gasteiger partial charge in [0.2, 0.25) is 5.91 Å². The van der Waals surface area contributed by atoms with Crippen LogP contribution in [0.2, 0.25) is 0 Å². The van der Waals surface area contributed by atoms with Crippen molar-refractivity contribution in [2.45, 2.75) is 43.3 Å². The fourth-order valence-corrected chi connectivity index (χ4v) is 3.89. The summed E-state index contributed by atoms with van der Waals surface area (Å²) in [6.07, 6.45) is 3.87. The molecule has 1 atom stereocenters. The summed E-state index contributed by atoms with van der Waals surface area (Å²) in [5, 5.41) is 2.89. The number of carbonyl (C=O) groups excluding carboxylic acids is 1. The van der Waals surface area contributed by atoms with Gasteiger partial charge in [0.25, 0.3) is 0 Å². The molecule has 0 unspecified atom stereocenters. The largest absolute Gasteiger partial charge is 0.372 e. The van der Waals surface area contributed by atoms with Gasteiger partial charge in [0.15, 0.2) is 0 Å². The maximum atomic E-state index is 12.4. The molecule has 3 rings (SSSR count). The van der Waals surface area contributed by atoms with Crippen molar-refractivity contribution in [2.75, 3.05) is 23.3 Å². The van der Waals surface area contributed by atoms with Gasteiger partial charge in [-0.2, -0.15) is 0 Å². The van der Waals surface area contributed by atoms with E-state index in [1.165, 1.54) is 30.5 Å². The Bertz CT molecular complexity index is 691. The fraction of sp³-hybridized carbons (Fsp3) is 0.381. The Labute approximate surface area is 154 Å². The Kier molecular flexibility index (Phi) is 6.03. The average Bonchev–Trinajstić information content (AvgIpc) is 2.65. The van der Waals surface area contributed by atoms with E-state index in [9.17, 15) is 4.79 Å². The molecule has 1 amide bonds. The highest BCUT2D eigenvalue weighted by molar-refractivity contribution is 8.00. The standard InChI is InChI=1S/C21H26N2OS/c1-16-6-12-20(13-7-16)25-17(2)21(24)22-18-8-10-19(11-9-18)23-14-4-3-5-15-23/h6-13,17H,3-5,14-15H2,1-2H3,(H,22,24)/t17-/m0/s1. The van der Waals surface area contributed by atoms with E-state index >= 15 is 0 Å². The molecule has 1 aliphatic rings. The quantitative estimate of drug-likeness (QED) is 0.758. The summed E-state index contributed by atoms with van der Waals surface area (Å²) >= 11 is 1.59. The second-order valence-corrected chi connectivity index (χ2v) is 8.07. The van der Waals surface area contributed by atoms with E-state index in [1.54, 1.807) is 11.8 Å². The molecule has 0 aromatic heterocycles. The van der Waals surface area contributed by atoms with Gasteiger partial charge in [-0.3, -0.25) is 4.79 Å². The molecular formula is C21H26N2OS. The summed E-state index contributed by atoms with van der Waals surface area (Å²) in [4.78, 5) is 16.0. The summed E-state index contributed by atoms with van der Waals surface area (Å²) in [5.74, 6) is 0.0382. The highest BCUT2D eigenvalue weighted by atomic mass is 32.2. The van der Waals surface area contributed by atoms with Crippen molar-refractivity contribution in [1.82, 2.24) is 0 Å². The molecule has 0 aliphatic carbocycles. The summed E-state index contributed by atoms with van der Waals surface area (Å²) in [7, 11) is 0. The number of thioether (sulfide) groups is 1. The number of carbonyl (C=O) groups is 1. The molecule has 0 radical (unpaired) electrons. The Morgan fingerprint density at radius 1 is 1.00 bits per heavy atom. The first kappa shape index (κ1) is 17.9. The lowest BCUT2D eigenvalue weighted by molar-refractivity contribution is -0.115. The van der Waals surface area contributed by atoms with Crippen LogP contribution in [0.1, 0.15) is 31.7 Å². The summed E-state index contributed by atoms with van der Waals surface area (Å²) in [5.41, 5.74) is 3.34. The first-order valence-electron chi connectivity index (χ1n) is 9.01. The number of hydrogen-bond acceptors (Lipinski definition) is 3. The molecule has 25 heavy (non-hydrogen) atoms. The minimum Gasteiger partial charge on any atom is -0.372 e. The Hall–Kier alpha value is -1.94. The number of anilines is 2. The van der Waals surface area contributed by atoms with Gasteiger partial charge in [-0.1, -0.05) is 17.7 Å². The Morgan fingerprint density at radius 2 is 1.64 bits per heavy atom. The topological polar surface area (TPSA) is 32.3 Å². The van der Waals surface area contributed by atoms with E-state index in [1.807, 2.05) is 19.1 Å². The van der Waals surface area contributed by atoms with E-state index in [0.29, 0.717) is 0 Å². The van der Waals surface area contributed by atoms with Crippen LogP contribution >= 0.6 is 11.8 Å². The van der Waals surface area contributed by atoms with Crippen LogP contribution in [0, 0.1) is 6.92 Å². The molecule has 2 aromatic carbocycles. The molecule has 3 nitrogen and oxygen atoms in total. The fourth-order valence-electron chi connectivity index (χ4n) is 3.03. The molecule has 1 saturated heterocycles. The van der Waals surface area contributed by atoms with Crippen LogP contribution in [0.4, 0.5) is 11.4 Å². The second kappa shape index (κ2) is 8.43. The monoisotopic (exact) mass is 354 g/mol. The van der Waals surface area contributed by atoms with Crippen LogP contribution in [-0.4, -0.2) is 24.2 Å². The number of hydrogen-bond donors (Lipinski definition) is 1. The van der Waals surface area contributed by atoms with Gasteiger partial charge in [0.05, 0.1) is 5.25 Å². The van der Waals surface area contributed by atoms with E-state index in [2.05, 4.69) is 53.5 Å². The smallest absolute Gasteiger partial charge is 0.237 e. The third-order valence-electron chi connectivity index (χ3n) is 4.56. The van der Waals surface area contributed by atoms with Crippen LogP contribution in [0.5, 0.6) is 0 Å². The van der Waals surface area contributed by atoms with Crippen molar-refractivity contribution in [3.05, 3.63) is 54.1 Å². The van der Waals surface area contributed by atoms with Gasteiger partial charge in [0.1, 0.15) is 0 Å². The predicted octanol–water partition coefficient (Wildman–Crippen LogP) is 5.10. The van der Waals surface area contributed by atoms with E-state index < -0.39 is 0 Å². The van der Waals surface area contributed by atoms with Gasteiger partial charge >= 0.3 is 0 Å². The SMILES string of the molecule is Cc1ccc(S[C@@H](C)C(=O)Nc2ccc(N3CCCCC3)cc2)cc1. The Morgan fingerprint density at radius 3 is 2.28 bits per heavy atom. The molecule has 1 aliphatic heterocycles. The summed E-state index contributed by atoms with van der Waals surface area (Å²) < 4.78 is 0. The maximum Gasteiger partial charge on any atom is 0.237 e. The van der Waals surface area contributed by atoms with E-state index in [-0.39, 0.29) is 11.2 Å². The van der Waals surface area contributed by atoms with Crippen LogP contribution in [0.3, 0.4) is 0 Å². The molecule has 0 spiro atoms. The van der Waals surface area contributed by atoms with E-state index in [4.69, 9.17) is 0 Å². The highest BCUT2D eigenvalue weighted by Gasteiger charge is 2.15. The molecular weight excluding hydrogens is 328 g/mol. The van der Waals surface area contributed by atoms with Crippen molar-refractivity contribution in [3.8, 4) is 0 Å². The van der Waals surface area contributed by atoms with Crippen molar-refractivity contribution in [1.29, 1.82) is 0 Å². The van der Waals surface area contributed by atoms with E-state index in [0.717, 1.165) is 23.7 Å². The second-order valence-electron chi connectivity index (χ2n) is 6.66. The minimum absolute atomic E-state index is 0.0382. The van der Waals surface area contributed by atoms with Crippen LogP contribution in [0.15, 0.2) is 53.4 Å². The summed E-state index contributed by atoms with van der Waals surface area (Å²) in [6.45, 7) is 6.28. The third-order valence-corrected chi connectivity index (χ3v) is 5.67.